The molecule has 1 aromatic rings. The van der Waals surface area contributed by atoms with Gasteiger partial charge >= 0.3 is 12.0 Å². The van der Waals surface area contributed by atoms with Crippen molar-refractivity contribution in [3.8, 4) is 0 Å². The molecule has 1 aliphatic heterocycles. The van der Waals surface area contributed by atoms with Crippen LogP contribution in [0.15, 0.2) is 41.4 Å². The van der Waals surface area contributed by atoms with E-state index in [1.807, 2.05) is 38.1 Å². The summed E-state index contributed by atoms with van der Waals surface area (Å²) in [4.78, 5) is 35.9. The molecule has 2 N–H and O–H groups in total. The third-order valence-electron chi connectivity index (χ3n) is 4.15. The molecule has 25 heavy (non-hydrogen) atoms. The van der Waals surface area contributed by atoms with E-state index in [4.69, 9.17) is 4.74 Å². The standard InChI is InChI=1S/C18H21BrN2O4/c1-4-9-25-16(23)14(11-5-7-12(19)8-6-11)18(2,3)10-13-15(22)21-17(24)20-13/h4-8,13-14H,1,9-10H2,2-3H3,(H2,20,21,22,24). The highest BCUT2D eigenvalue weighted by Gasteiger charge is 2.42. The van der Waals surface area contributed by atoms with Crippen molar-refractivity contribution in [3.63, 3.8) is 0 Å². The first-order valence-electron chi connectivity index (χ1n) is 7.89. The van der Waals surface area contributed by atoms with Gasteiger partial charge in [0, 0.05) is 4.47 Å². The third-order valence-corrected chi connectivity index (χ3v) is 4.68. The van der Waals surface area contributed by atoms with Crippen molar-refractivity contribution in [2.75, 3.05) is 6.61 Å². The van der Waals surface area contributed by atoms with E-state index < -0.39 is 29.4 Å². The number of urea groups is 1. The Morgan fingerprint density at radius 1 is 1.36 bits per heavy atom. The molecule has 1 heterocycles. The fourth-order valence-corrected chi connectivity index (χ4v) is 3.30. The SMILES string of the molecule is C=CCOC(=O)C(c1ccc(Br)cc1)C(C)(C)CC1NC(=O)NC1=O. The zero-order valence-electron chi connectivity index (χ0n) is 14.2. The first-order valence-corrected chi connectivity index (χ1v) is 8.68. The van der Waals surface area contributed by atoms with Crippen LogP contribution in [0.25, 0.3) is 0 Å². The Labute approximate surface area is 155 Å². The minimum Gasteiger partial charge on any atom is -0.461 e. The van der Waals surface area contributed by atoms with E-state index >= 15 is 0 Å². The molecule has 3 amide bonds. The molecule has 1 aliphatic rings. The normalized spacial score (nSPS) is 18.3. The smallest absolute Gasteiger partial charge is 0.322 e. The van der Waals surface area contributed by atoms with Gasteiger partial charge in [0.05, 0.1) is 5.92 Å². The Morgan fingerprint density at radius 2 is 2.00 bits per heavy atom. The molecule has 0 aliphatic carbocycles. The third kappa shape index (κ3) is 4.69. The Balaban J connectivity index is 2.30. The summed E-state index contributed by atoms with van der Waals surface area (Å²) in [5, 5.41) is 4.80. The molecule has 0 saturated carbocycles. The molecule has 1 aromatic carbocycles. The maximum atomic E-state index is 12.7. The average Bonchev–Trinajstić information content (AvgIpc) is 2.84. The molecule has 7 heteroatoms. The Bertz CT molecular complexity index is 685. The van der Waals surface area contributed by atoms with Crippen LogP contribution in [0.4, 0.5) is 4.79 Å². The number of nitrogens with one attached hydrogen (secondary N) is 2. The van der Waals surface area contributed by atoms with Crippen LogP contribution in [0.2, 0.25) is 0 Å². The lowest BCUT2D eigenvalue weighted by Gasteiger charge is -2.34. The van der Waals surface area contributed by atoms with Crippen molar-refractivity contribution < 1.29 is 19.1 Å². The first-order chi connectivity index (χ1) is 11.7. The molecule has 1 fully saturated rings. The molecule has 2 unspecified atom stereocenters. The van der Waals surface area contributed by atoms with Crippen LogP contribution >= 0.6 is 15.9 Å². The molecule has 1 saturated heterocycles. The number of benzene rings is 1. The van der Waals surface area contributed by atoms with Crippen LogP contribution < -0.4 is 10.6 Å². The molecule has 0 spiro atoms. The summed E-state index contributed by atoms with van der Waals surface area (Å²) in [5.41, 5.74) is 0.151. The van der Waals surface area contributed by atoms with Gasteiger partial charge in [-0.1, -0.05) is 54.6 Å². The summed E-state index contributed by atoms with van der Waals surface area (Å²) in [6.07, 6.45) is 1.81. The minimum atomic E-state index is -0.673. The van der Waals surface area contributed by atoms with Gasteiger partial charge in [-0.15, -0.1) is 0 Å². The highest BCUT2D eigenvalue weighted by atomic mass is 79.9. The van der Waals surface area contributed by atoms with Gasteiger partial charge in [-0.2, -0.15) is 0 Å². The number of hydrogen-bond donors (Lipinski definition) is 2. The van der Waals surface area contributed by atoms with Crippen molar-refractivity contribution >= 4 is 33.8 Å². The summed E-state index contributed by atoms with van der Waals surface area (Å²) in [5.74, 6) is -1.37. The second-order valence-corrected chi connectivity index (χ2v) is 7.53. The van der Waals surface area contributed by atoms with Crippen molar-refractivity contribution in [1.29, 1.82) is 0 Å². The lowest BCUT2D eigenvalue weighted by molar-refractivity contribution is -0.147. The van der Waals surface area contributed by atoms with Gasteiger partial charge in [0.15, 0.2) is 0 Å². The molecule has 2 atom stereocenters. The monoisotopic (exact) mass is 408 g/mol. The number of hydrogen-bond acceptors (Lipinski definition) is 4. The van der Waals surface area contributed by atoms with Crippen LogP contribution in [0.5, 0.6) is 0 Å². The van der Waals surface area contributed by atoms with Gasteiger partial charge in [0.2, 0.25) is 0 Å². The summed E-state index contributed by atoms with van der Waals surface area (Å²) < 4.78 is 6.18. The second-order valence-electron chi connectivity index (χ2n) is 6.61. The number of carbonyl (C=O) groups excluding carboxylic acids is 3. The zero-order valence-corrected chi connectivity index (χ0v) is 15.8. The molecule has 0 radical (unpaired) electrons. The first kappa shape index (κ1) is 19.2. The van der Waals surface area contributed by atoms with Crippen molar-refractivity contribution in [1.82, 2.24) is 10.6 Å². The van der Waals surface area contributed by atoms with Crippen molar-refractivity contribution in [2.24, 2.45) is 5.41 Å². The topological polar surface area (TPSA) is 84.5 Å². The van der Waals surface area contributed by atoms with E-state index in [0.717, 1.165) is 10.0 Å². The summed E-state index contributed by atoms with van der Waals surface area (Å²) in [7, 11) is 0. The summed E-state index contributed by atoms with van der Waals surface area (Å²) in [6.45, 7) is 7.43. The molecular weight excluding hydrogens is 388 g/mol. The molecular formula is C18H21BrN2O4. The highest BCUT2D eigenvalue weighted by molar-refractivity contribution is 9.10. The van der Waals surface area contributed by atoms with Crippen LogP contribution in [0.3, 0.4) is 0 Å². The van der Waals surface area contributed by atoms with Crippen LogP contribution in [-0.4, -0.2) is 30.6 Å². The Morgan fingerprint density at radius 3 is 2.52 bits per heavy atom. The quantitative estimate of drug-likeness (QED) is 0.412. The van der Waals surface area contributed by atoms with E-state index in [9.17, 15) is 14.4 Å². The minimum absolute atomic E-state index is 0.114. The highest BCUT2D eigenvalue weighted by Crippen LogP contribution is 2.41. The predicted octanol–water partition coefficient (Wildman–Crippen LogP) is 2.89. The van der Waals surface area contributed by atoms with Gasteiger partial charge < -0.3 is 10.1 Å². The molecule has 6 nitrogen and oxygen atoms in total. The molecule has 0 bridgehead atoms. The second kappa shape index (κ2) is 7.82. The fraction of sp³-hybridized carbons (Fsp3) is 0.389. The fourth-order valence-electron chi connectivity index (χ4n) is 3.03. The lowest BCUT2D eigenvalue weighted by atomic mass is 9.71. The van der Waals surface area contributed by atoms with Gasteiger partial charge in [-0.3, -0.25) is 14.9 Å². The van der Waals surface area contributed by atoms with E-state index in [2.05, 4.69) is 33.1 Å². The van der Waals surface area contributed by atoms with E-state index in [0.29, 0.717) is 6.42 Å². The number of halogens is 1. The van der Waals surface area contributed by atoms with Gasteiger partial charge in [0.25, 0.3) is 5.91 Å². The Kier molecular flexibility index (Phi) is 6.00. The summed E-state index contributed by atoms with van der Waals surface area (Å²) in [6, 6.07) is 6.21. The summed E-state index contributed by atoms with van der Waals surface area (Å²) >= 11 is 3.38. The molecule has 134 valence electrons. The lowest BCUT2D eigenvalue weighted by Crippen LogP contribution is -2.39. The predicted molar refractivity (Wildman–Crippen MR) is 96.9 cm³/mol. The maximum absolute atomic E-state index is 12.7. The number of amides is 3. The largest absolute Gasteiger partial charge is 0.461 e. The maximum Gasteiger partial charge on any atom is 0.322 e. The van der Waals surface area contributed by atoms with Crippen molar-refractivity contribution in [3.05, 3.63) is 47.0 Å². The van der Waals surface area contributed by atoms with Gasteiger partial charge in [-0.05, 0) is 29.5 Å². The average molecular weight is 409 g/mol. The molecule has 2 rings (SSSR count). The van der Waals surface area contributed by atoms with E-state index in [1.54, 1.807) is 0 Å². The van der Waals surface area contributed by atoms with Crippen molar-refractivity contribution in [2.45, 2.75) is 32.2 Å². The van der Waals surface area contributed by atoms with Crippen LogP contribution in [0, 0.1) is 5.41 Å². The number of rotatable bonds is 7. The number of ether oxygens (including phenoxy) is 1. The van der Waals surface area contributed by atoms with Gasteiger partial charge in [0.1, 0.15) is 12.6 Å². The number of esters is 1. The van der Waals surface area contributed by atoms with E-state index in [-0.39, 0.29) is 12.5 Å². The van der Waals surface area contributed by atoms with Crippen LogP contribution in [-0.2, 0) is 14.3 Å². The van der Waals surface area contributed by atoms with Crippen LogP contribution in [0.1, 0.15) is 31.7 Å². The number of carbonyl (C=O) groups is 3. The zero-order chi connectivity index (χ0) is 18.6. The van der Waals surface area contributed by atoms with E-state index in [1.165, 1.54) is 6.08 Å². The van der Waals surface area contributed by atoms with Gasteiger partial charge in [-0.25, -0.2) is 4.79 Å². The number of imide groups is 1. The Hall–Kier alpha value is -2.15. The molecule has 0 aromatic heterocycles.